The van der Waals surface area contributed by atoms with E-state index in [0.717, 1.165) is 19.3 Å². The highest BCUT2D eigenvalue weighted by Gasteiger charge is 2.25. The quantitative estimate of drug-likeness (QED) is 0.254. The fourth-order valence-corrected chi connectivity index (χ4v) is 2.17. The minimum atomic E-state index is -0.771. The molecule has 0 heterocycles. The summed E-state index contributed by atoms with van der Waals surface area (Å²) in [6.45, 7) is 2.36. The van der Waals surface area contributed by atoms with Gasteiger partial charge in [0.15, 0.2) is 6.54 Å². The van der Waals surface area contributed by atoms with Crippen LogP contribution in [0, 0.1) is 0 Å². The van der Waals surface area contributed by atoms with Gasteiger partial charge in [-0.2, -0.15) is 0 Å². The molecule has 0 aromatic rings. The number of hydrogen-bond acceptors (Lipinski definition) is 5. The Morgan fingerprint density at radius 2 is 1.79 bits per heavy atom. The number of rotatable bonds is 12. The number of aliphatic hydroxyl groups excluding tert-OH is 1. The number of aliphatic hydroxyl groups is 1. The first-order valence-corrected chi connectivity index (χ1v) is 8.59. The molecule has 140 valence electrons. The maximum Gasteiger partial charge on any atom is 0.362 e. The first kappa shape index (κ1) is 22.6. The summed E-state index contributed by atoms with van der Waals surface area (Å²) in [6.07, 6.45) is 6.25. The van der Waals surface area contributed by atoms with Gasteiger partial charge in [0, 0.05) is 0 Å². The minimum Gasteiger partial charge on any atom is -0.469 e. The summed E-state index contributed by atoms with van der Waals surface area (Å²) in [5, 5.41) is 10.3. The number of unbranched alkanes of at least 4 members (excludes halogenated alkanes) is 2. The summed E-state index contributed by atoms with van der Waals surface area (Å²) in [6, 6.07) is 0. The number of ether oxygens (including phenoxy) is 2. The number of likely N-dealkylation sites (N-methyl/N-ethyl adjacent to an activating group) is 1. The van der Waals surface area contributed by atoms with E-state index in [4.69, 9.17) is 4.74 Å². The van der Waals surface area contributed by atoms with Gasteiger partial charge in [0.05, 0.1) is 40.8 Å². The van der Waals surface area contributed by atoms with Crippen LogP contribution in [0.15, 0.2) is 12.2 Å². The van der Waals surface area contributed by atoms with E-state index in [1.807, 2.05) is 21.1 Å². The maximum atomic E-state index is 12.0. The predicted octanol–water partition coefficient (Wildman–Crippen LogP) is 2.05. The second-order valence-electron chi connectivity index (χ2n) is 7.03. The average molecular weight is 344 g/mol. The van der Waals surface area contributed by atoms with E-state index in [1.165, 1.54) is 7.11 Å². The first-order valence-electron chi connectivity index (χ1n) is 8.59. The van der Waals surface area contributed by atoms with Crippen molar-refractivity contribution in [1.29, 1.82) is 0 Å². The number of carbonyl (C=O) groups excluding carboxylic acids is 2. The second kappa shape index (κ2) is 12.0. The number of esters is 2. The summed E-state index contributed by atoms with van der Waals surface area (Å²) >= 11 is 0. The molecular weight excluding hydrogens is 310 g/mol. The van der Waals surface area contributed by atoms with Crippen molar-refractivity contribution in [2.24, 2.45) is 0 Å². The highest BCUT2D eigenvalue weighted by atomic mass is 16.6. The van der Waals surface area contributed by atoms with Crippen molar-refractivity contribution in [2.45, 2.75) is 57.7 Å². The summed E-state index contributed by atoms with van der Waals surface area (Å²) in [7, 11) is 7.08. The zero-order valence-corrected chi connectivity index (χ0v) is 15.8. The molecule has 0 fully saturated rings. The monoisotopic (exact) mass is 344 g/mol. The van der Waals surface area contributed by atoms with Crippen LogP contribution in [0.25, 0.3) is 0 Å². The third-order valence-corrected chi connectivity index (χ3v) is 3.46. The maximum absolute atomic E-state index is 12.0. The molecule has 2 atom stereocenters. The number of nitrogens with zero attached hydrogens (tertiary/aromatic N) is 1. The molecule has 0 aliphatic heterocycles. The molecule has 0 aromatic carbocycles. The largest absolute Gasteiger partial charge is 0.469 e. The van der Waals surface area contributed by atoms with E-state index in [1.54, 1.807) is 12.2 Å². The van der Waals surface area contributed by atoms with Crippen LogP contribution in [-0.2, 0) is 19.1 Å². The SMILES string of the molecule is CCCCCC(OC(=O)C[N+](C)(C)C)C(O)CC=CCC(=O)OC. The van der Waals surface area contributed by atoms with Crippen LogP contribution in [0.4, 0.5) is 0 Å². The van der Waals surface area contributed by atoms with E-state index < -0.39 is 12.2 Å². The van der Waals surface area contributed by atoms with E-state index in [9.17, 15) is 14.7 Å². The standard InChI is InChI=1S/C18H34NO5/c1-6-7-8-12-16(24-18(22)14-19(2,3)4)15(20)11-9-10-13-17(21)23-5/h9-10,15-16,20H,6-8,11-14H2,1-5H3/q+1. The molecule has 0 amide bonds. The fraction of sp³-hybridized carbons (Fsp3) is 0.778. The third kappa shape index (κ3) is 12.1. The number of quaternary nitrogens is 1. The Morgan fingerprint density at radius 1 is 1.12 bits per heavy atom. The van der Waals surface area contributed by atoms with Crippen LogP contribution < -0.4 is 0 Å². The van der Waals surface area contributed by atoms with Gasteiger partial charge in [-0.15, -0.1) is 0 Å². The lowest BCUT2D eigenvalue weighted by molar-refractivity contribution is -0.862. The van der Waals surface area contributed by atoms with Gasteiger partial charge in [-0.3, -0.25) is 4.79 Å². The van der Waals surface area contributed by atoms with Crippen molar-refractivity contribution in [3.8, 4) is 0 Å². The van der Waals surface area contributed by atoms with Crippen LogP contribution in [0.1, 0.15) is 45.4 Å². The zero-order valence-electron chi connectivity index (χ0n) is 15.8. The molecule has 6 heteroatoms. The second-order valence-corrected chi connectivity index (χ2v) is 7.03. The van der Waals surface area contributed by atoms with Gasteiger partial charge < -0.3 is 19.1 Å². The normalized spacial score (nSPS) is 14.4. The van der Waals surface area contributed by atoms with Gasteiger partial charge in [0.25, 0.3) is 0 Å². The molecule has 0 saturated carbocycles. The summed E-state index contributed by atoms with van der Waals surface area (Å²) in [4.78, 5) is 23.1. The highest BCUT2D eigenvalue weighted by Crippen LogP contribution is 2.15. The van der Waals surface area contributed by atoms with Crippen molar-refractivity contribution in [3.63, 3.8) is 0 Å². The molecule has 6 nitrogen and oxygen atoms in total. The van der Waals surface area contributed by atoms with Crippen LogP contribution >= 0.6 is 0 Å². The minimum absolute atomic E-state index is 0.172. The molecule has 0 aromatic heterocycles. The molecular formula is C18H34NO5+. The fourth-order valence-electron chi connectivity index (χ4n) is 2.17. The first-order chi connectivity index (χ1) is 11.2. The summed E-state index contributed by atoms with van der Waals surface area (Å²) < 4.78 is 10.5. The van der Waals surface area contributed by atoms with Crippen LogP contribution in [0.5, 0.6) is 0 Å². The Hall–Kier alpha value is -1.40. The number of carbonyl (C=O) groups is 2. The van der Waals surface area contributed by atoms with Gasteiger partial charge in [0.2, 0.25) is 0 Å². The van der Waals surface area contributed by atoms with E-state index in [-0.39, 0.29) is 24.9 Å². The Labute approximate surface area is 146 Å². The van der Waals surface area contributed by atoms with E-state index in [0.29, 0.717) is 17.3 Å². The van der Waals surface area contributed by atoms with Crippen LogP contribution in [-0.4, -0.2) is 68.5 Å². The molecule has 0 aliphatic rings. The lowest BCUT2D eigenvalue weighted by Crippen LogP contribution is -2.42. The van der Waals surface area contributed by atoms with Crippen LogP contribution in [0.2, 0.25) is 0 Å². The van der Waals surface area contributed by atoms with Gasteiger partial charge in [-0.1, -0.05) is 31.9 Å². The van der Waals surface area contributed by atoms with Crippen LogP contribution in [0.3, 0.4) is 0 Å². The molecule has 0 aliphatic carbocycles. The van der Waals surface area contributed by atoms with Gasteiger partial charge in [0.1, 0.15) is 6.10 Å². The van der Waals surface area contributed by atoms with Gasteiger partial charge >= 0.3 is 11.9 Å². The van der Waals surface area contributed by atoms with Gasteiger partial charge in [-0.25, -0.2) is 4.79 Å². The topological polar surface area (TPSA) is 72.8 Å². The molecule has 1 N–H and O–H groups in total. The number of methoxy groups -OCH3 is 1. The zero-order chi connectivity index (χ0) is 18.6. The molecule has 0 spiro atoms. The highest BCUT2D eigenvalue weighted by molar-refractivity contribution is 5.71. The molecule has 24 heavy (non-hydrogen) atoms. The van der Waals surface area contributed by atoms with Crippen molar-refractivity contribution >= 4 is 11.9 Å². The average Bonchev–Trinajstić information content (AvgIpc) is 2.48. The van der Waals surface area contributed by atoms with Crippen molar-refractivity contribution < 1.29 is 28.7 Å². The molecule has 0 saturated heterocycles. The molecule has 0 radical (unpaired) electrons. The molecule has 0 rings (SSSR count). The van der Waals surface area contributed by atoms with Crippen molar-refractivity contribution in [2.75, 3.05) is 34.8 Å². The smallest absolute Gasteiger partial charge is 0.362 e. The predicted molar refractivity (Wildman–Crippen MR) is 93.3 cm³/mol. The molecule has 2 unspecified atom stereocenters. The molecule has 0 bridgehead atoms. The van der Waals surface area contributed by atoms with Crippen molar-refractivity contribution in [1.82, 2.24) is 0 Å². The van der Waals surface area contributed by atoms with E-state index >= 15 is 0 Å². The van der Waals surface area contributed by atoms with Gasteiger partial charge in [-0.05, 0) is 19.3 Å². The summed E-state index contributed by atoms with van der Waals surface area (Å²) in [5.41, 5.74) is 0. The van der Waals surface area contributed by atoms with E-state index in [2.05, 4.69) is 11.7 Å². The Bertz CT molecular complexity index is 401. The lowest BCUT2D eigenvalue weighted by atomic mass is 10.0. The summed E-state index contributed by atoms with van der Waals surface area (Å²) in [5.74, 6) is -0.629. The lowest BCUT2D eigenvalue weighted by Gasteiger charge is -2.26. The van der Waals surface area contributed by atoms with Crippen molar-refractivity contribution in [3.05, 3.63) is 12.2 Å². The Morgan fingerprint density at radius 3 is 2.33 bits per heavy atom. The number of hydrogen-bond donors (Lipinski definition) is 1. The third-order valence-electron chi connectivity index (χ3n) is 3.46. The Balaban J connectivity index is 4.55. The Kier molecular flexibility index (Phi) is 11.3.